The van der Waals surface area contributed by atoms with Crippen molar-refractivity contribution in [2.75, 3.05) is 5.32 Å². The third kappa shape index (κ3) is 3.21. The number of carbonyl (C=O) groups excluding carboxylic acids is 1. The highest BCUT2D eigenvalue weighted by Crippen LogP contribution is 2.37. The summed E-state index contributed by atoms with van der Waals surface area (Å²) in [5.74, 6) is -1.38. The fraction of sp³-hybridized carbons (Fsp3) is 0.0588. The fourth-order valence-corrected chi connectivity index (χ4v) is 4.21. The Labute approximate surface area is 151 Å². The van der Waals surface area contributed by atoms with Crippen molar-refractivity contribution in [3.63, 3.8) is 0 Å². The number of aryl methyl sites for hydroxylation is 1. The van der Waals surface area contributed by atoms with Crippen LogP contribution in [0.4, 0.5) is 5.69 Å². The SMILES string of the molecule is Cc1ccsc1C(=O)Nc1csc(-c2ccc(Cl)cc2)c1C(=O)O. The number of amides is 1. The van der Waals surface area contributed by atoms with Gasteiger partial charge in [-0.2, -0.15) is 0 Å². The van der Waals surface area contributed by atoms with Gasteiger partial charge in [-0.05, 0) is 41.6 Å². The molecule has 3 rings (SSSR count). The van der Waals surface area contributed by atoms with Crippen molar-refractivity contribution in [2.24, 2.45) is 0 Å². The van der Waals surface area contributed by atoms with E-state index < -0.39 is 5.97 Å². The van der Waals surface area contributed by atoms with Crippen molar-refractivity contribution in [2.45, 2.75) is 6.92 Å². The van der Waals surface area contributed by atoms with Crippen LogP contribution in [-0.4, -0.2) is 17.0 Å². The second kappa shape index (κ2) is 6.76. The van der Waals surface area contributed by atoms with Crippen LogP contribution >= 0.6 is 34.3 Å². The Morgan fingerprint density at radius 3 is 2.42 bits per heavy atom. The molecule has 0 spiro atoms. The smallest absolute Gasteiger partial charge is 0.339 e. The minimum absolute atomic E-state index is 0.0879. The van der Waals surface area contributed by atoms with E-state index in [0.717, 1.165) is 11.1 Å². The maximum absolute atomic E-state index is 12.4. The van der Waals surface area contributed by atoms with Gasteiger partial charge in [0.05, 0.1) is 15.4 Å². The van der Waals surface area contributed by atoms with E-state index in [2.05, 4.69) is 5.32 Å². The molecule has 1 aromatic carbocycles. The standard InChI is InChI=1S/C17H12ClNO3S2/c1-9-6-7-23-14(9)16(20)19-12-8-24-15(13(12)17(21)22)10-2-4-11(18)5-3-10/h2-8H,1H3,(H,19,20)(H,21,22). The first kappa shape index (κ1) is 16.7. The molecule has 0 saturated carbocycles. The second-order valence-electron chi connectivity index (χ2n) is 5.05. The van der Waals surface area contributed by atoms with E-state index in [1.165, 1.54) is 22.7 Å². The lowest BCUT2D eigenvalue weighted by Gasteiger charge is -2.06. The summed E-state index contributed by atoms with van der Waals surface area (Å²) in [5.41, 5.74) is 2.00. The normalized spacial score (nSPS) is 10.6. The number of carboxylic acids is 1. The summed E-state index contributed by atoms with van der Waals surface area (Å²) in [6.45, 7) is 1.84. The van der Waals surface area contributed by atoms with Crippen molar-refractivity contribution in [3.05, 3.63) is 62.1 Å². The molecule has 0 fully saturated rings. The van der Waals surface area contributed by atoms with Gasteiger partial charge in [-0.1, -0.05) is 23.7 Å². The van der Waals surface area contributed by atoms with E-state index in [9.17, 15) is 14.7 Å². The van der Waals surface area contributed by atoms with Crippen LogP contribution in [0.2, 0.25) is 5.02 Å². The first-order chi connectivity index (χ1) is 11.5. The molecule has 1 amide bonds. The number of carbonyl (C=O) groups is 2. The number of hydrogen-bond donors (Lipinski definition) is 2. The van der Waals surface area contributed by atoms with Gasteiger partial charge >= 0.3 is 5.97 Å². The molecule has 0 saturated heterocycles. The van der Waals surface area contributed by atoms with Crippen LogP contribution in [-0.2, 0) is 0 Å². The summed E-state index contributed by atoms with van der Waals surface area (Å²) in [6.07, 6.45) is 0. The monoisotopic (exact) mass is 377 g/mol. The van der Waals surface area contributed by atoms with Crippen LogP contribution in [0.25, 0.3) is 10.4 Å². The fourth-order valence-electron chi connectivity index (χ4n) is 2.26. The van der Waals surface area contributed by atoms with Gasteiger partial charge in [-0.3, -0.25) is 4.79 Å². The summed E-state index contributed by atoms with van der Waals surface area (Å²) in [7, 11) is 0. The zero-order valence-electron chi connectivity index (χ0n) is 12.5. The number of carboxylic acid groups (broad SMARTS) is 1. The van der Waals surface area contributed by atoms with Gasteiger partial charge in [0.25, 0.3) is 5.91 Å². The first-order valence-corrected chi connectivity index (χ1v) is 9.07. The molecule has 2 aromatic heterocycles. The van der Waals surface area contributed by atoms with E-state index in [-0.39, 0.29) is 11.5 Å². The summed E-state index contributed by atoms with van der Waals surface area (Å²) in [5, 5.41) is 16.3. The molecule has 0 radical (unpaired) electrons. The molecule has 0 unspecified atom stereocenters. The molecule has 0 bridgehead atoms. The molecule has 0 atom stereocenters. The lowest BCUT2D eigenvalue weighted by Crippen LogP contribution is -2.13. The van der Waals surface area contributed by atoms with Crippen LogP contribution in [0, 0.1) is 6.92 Å². The highest BCUT2D eigenvalue weighted by Gasteiger charge is 2.22. The number of nitrogens with one attached hydrogen (secondary N) is 1. The third-order valence-corrected chi connectivity index (χ3v) is 5.72. The Kier molecular flexibility index (Phi) is 4.71. The Balaban J connectivity index is 1.98. The maximum atomic E-state index is 12.4. The number of thiophene rings is 2. The van der Waals surface area contributed by atoms with Crippen LogP contribution < -0.4 is 5.32 Å². The molecule has 7 heteroatoms. The van der Waals surface area contributed by atoms with Gasteiger partial charge in [0.1, 0.15) is 5.56 Å². The highest BCUT2D eigenvalue weighted by atomic mass is 35.5. The molecular formula is C17H12ClNO3S2. The molecule has 2 N–H and O–H groups in total. The van der Waals surface area contributed by atoms with Crippen molar-refractivity contribution in [1.29, 1.82) is 0 Å². The van der Waals surface area contributed by atoms with Crippen molar-refractivity contribution in [3.8, 4) is 10.4 Å². The van der Waals surface area contributed by atoms with Gasteiger partial charge in [0.2, 0.25) is 0 Å². The van der Waals surface area contributed by atoms with Gasteiger partial charge in [-0.15, -0.1) is 22.7 Å². The lowest BCUT2D eigenvalue weighted by molar-refractivity contribution is 0.0699. The summed E-state index contributed by atoms with van der Waals surface area (Å²) < 4.78 is 0. The van der Waals surface area contributed by atoms with Gasteiger partial charge in [-0.25, -0.2) is 4.79 Å². The summed E-state index contributed by atoms with van der Waals surface area (Å²) >= 11 is 8.48. The third-order valence-electron chi connectivity index (χ3n) is 3.43. The van der Waals surface area contributed by atoms with Crippen molar-refractivity contribution < 1.29 is 14.7 Å². The van der Waals surface area contributed by atoms with Crippen molar-refractivity contribution >= 4 is 51.8 Å². The Bertz CT molecular complexity index is 912. The van der Waals surface area contributed by atoms with Crippen LogP contribution in [0.5, 0.6) is 0 Å². The van der Waals surface area contributed by atoms with Crippen LogP contribution in [0.1, 0.15) is 25.6 Å². The average Bonchev–Trinajstić information content (AvgIpc) is 3.14. The number of aromatic carboxylic acids is 1. The molecule has 2 heterocycles. The highest BCUT2D eigenvalue weighted by molar-refractivity contribution is 7.14. The Morgan fingerprint density at radius 1 is 1.12 bits per heavy atom. The van der Waals surface area contributed by atoms with Crippen LogP contribution in [0.3, 0.4) is 0 Å². The molecular weight excluding hydrogens is 366 g/mol. The maximum Gasteiger partial charge on any atom is 0.339 e. The molecule has 0 aliphatic rings. The molecule has 0 aliphatic heterocycles. The average molecular weight is 378 g/mol. The van der Waals surface area contributed by atoms with Crippen LogP contribution in [0.15, 0.2) is 41.1 Å². The predicted molar refractivity (Wildman–Crippen MR) is 98.7 cm³/mol. The van der Waals surface area contributed by atoms with E-state index in [1.807, 2.05) is 18.4 Å². The lowest BCUT2D eigenvalue weighted by atomic mass is 10.1. The number of benzene rings is 1. The largest absolute Gasteiger partial charge is 0.478 e. The first-order valence-electron chi connectivity index (χ1n) is 6.93. The quantitative estimate of drug-likeness (QED) is 0.640. The summed E-state index contributed by atoms with van der Waals surface area (Å²) in [6, 6.07) is 8.78. The number of anilines is 1. The topological polar surface area (TPSA) is 66.4 Å². The minimum atomic E-state index is -1.08. The number of hydrogen-bond acceptors (Lipinski definition) is 4. The van der Waals surface area contributed by atoms with Gasteiger partial charge in [0, 0.05) is 10.4 Å². The zero-order valence-corrected chi connectivity index (χ0v) is 14.9. The Hall–Kier alpha value is -2.15. The van der Waals surface area contributed by atoms with E-state index in [4.69, 9.17) is 11.6 Å². The van der Waals surface area contributed by atoms with Gasteiger partial charge in [0.15, 0.2) is 0 Å². The predicted octanol–water partition coefficient (Wildman–Crippen LogP) is 5.39. The molecule has 0 aliphatic carbocycles. The summed E-state index contributed by atoms with van der Waals surface area (Å²) in [4.78, 5) is 25.2. The number of halogens is 1. The van der Waals surface area contributed by atoms with E-state index in [0.29, 0.717) is 20.5 Å². The molecule has 4 nitrogen and oxygen atoms in total. The van der Waals surface area contributed by atoms with Gasteiger partial charge < -0.3 is 10.4 Å². The molecule has 24 heavy (non-hydrogen) atoms. The molecule has 122 valence electrons. The van der Waals surface area contributed by atoms with Crippen molar-refractivity contribution in [1.82, 2.24) is 0 Å². The van der Waals surface area contributed by atoms with E-state index >= 15 is 0 Å². The number of rotatable bonds is 4. The molecule has 3 aromatic rings. The second-order valence-corrected chi connectivity index (χ2v) is 7.28. The minimum Gasteiger partial charge on any atom is -0.478 e. The van der Waals surface area contributed by atoms with E-state index in [1.54, 1.807) is 29.6 Å². The zero-order chi connectivity index (χ0) is 17.3. The Morgan fingerprint density at radius 2 is 1.83 bits per heavy atom.